The SMILES string of the molecule is B.CSC.OCc1cc(Cl)ccc1Br. The van der Waals surface area contributed by atoms with Gasteiger partial charge in [-0.1, -0.05) is 27.5 Å². The molecule has 0 unspecified atom stereocenters. The van der Waals surface area contributed by atoms with Gasteiger partial charge in [-0.05, 0) is 36.3 Å². The van der Waals surface area contributed by atoms with Crippen LogP contribution in [0.5, 0.6) is 0 Å². The summed E-state index contributed by atoms with van der Waals surface area (Å²) in [6, 6.07) is 5.31. The van der Waals surface area contributed by atoms with Gasteiger partial charge in [0.2, 0.25) is 0 Å². The van der Waals surface area contributed by atoms with Crippen LogP contribution in [0.3, 0.4) is 0 Å². The van der Waals surface area contributed by atoms with E-state index in [1.54, 1.807) is 23.9 Å². The first kappa shape index (κ1) is 16.8. The molecule has 1 rings (SSSR count). The molecule has 5 heteroatoms. The molecule has 0 bridgehead atoms. The number of halogens is 2. The Labute approximate surface area is 105 Å². The van der Waals surface area contributed by atoms with Gasteiger partial charge in [-0.25, -0.2) is 0 Å². The molecule has 0 saturated carbocycles. The van der Waals surface area contributed by atoms with E-state index >= 15 is 0 Å². The fourth-order valence-corrected chi connectivity index (χ4v) is 1.23. The summed E-state index contributed by atoms with van der Waals surface area (Å²) in [5.74, 6) is 0. The van der Waals surface area contributed by atoms with Crippen molar-refractivity contribution >= 4 is 47.7 Å². The van der Waals surface area contributed by atoms with Gasteiger partial charge in [0.15, 0.2) is 0 Å². The number of hydrogen-bond acceptors (Lipinski definition) is 2. The second-order valence-electron chi connectivity index (χ2n) is 2.30. The van der Waals surface area contributed by atoms with Crippen LogP contribution in [0, 0.1) is 0 Å². The van der Waals surface area contributed by atoms with Gasteiger partial charge < -0.3 is 5.11 Å². The molecule has 0 fully saturated rings. The summed E-state index contributed by atoms with van der Waals surface area (Å²) in [7, 11) is 0. The standard InChI is InChI=1S/C7H6BrClO.C2H6S.BH3/c8-7-2-1-6(9)3-5(7)4-10;1-3-2;/h1-3,10H,4H2;1-2H3;1H3. The van der Waals surface area contributed by atoms with Crippen LogP contribution < -0.4 is 0 Å². The molecule has 0 atom stereocenters. The van der Waals surface area contributed by atoms with E-state index in [2.05, 4.69) is 15.9 Å². The lowest BCUT2D eigenvalue weighted by atomic mass is 10.2. The lowest BCUT2D eigenvalue weighted by Gasteiger charge is -1.98. The fourth-order valence-electron chi connectivity index (χ4n) is 0.664. The highest BCUT2D eigenvalue weighted by molar-refractivity contribution is 9.10. The van der Waals surface area contributed by atoms with Crippen LogP contribution in [0.4, 0.5) is 0 Å². The Hall–Kier alpha value is 0.365. The van der Waals surface area contributed by atoms with Crippen molar-refractivity contribution in [2.24, 2.45) is 0 Å². The zero-order valence-corrected chi connectivity index (χ0v) is 10.7. The van der Waals surface area contributed by atoms with Crippen LogP contribution in [0.2, 0.25) is 5.02 Å². The number of hydrogen-bond donors (Lipinski definition) is 1. The van der Waals surface area contributed by atoms with Crippen molar-refractivity contribution in [3.63, 3.8) is 0 Å². The smallest absolute Gasteiger partial charge is 0.0814 e. The number of thioether (sulfide) groups is 1. The summed E-state index contributed by atoms with van der Waals surface area (Å²) >= 11 is 10.7. The van der Waals surface area contributed by atoms with Crippen LogP contribution in [0.15, 0.2) is 22.7 Å². The maximum absolute atomic E-state index is 8.75. The number of rotatable bonds is 1. The summed E-state index contributed by atoms with van der Waals surface area (Å²) < 4.78 is 0.888. The lowest BCUT2D eigenvalue weighted by Crippen LogP contribution is -1.83. The van der Waals surface area contributed by atoms with E-state index in [-0.39, 0.29) is 15.0 Å². The minimum Gasteiger partial charge on any atom is -0.392 e. The molecule has 1 N–H and O–H groups in total. The van der Waals surface area contributed by atoms with Gasteiger partial charge in [0.1, 0.15) is 0 Å². The van der Waals surface area contributed by atoms with E-state index in [0.29, 0.717) is 5.02 Å². The van der Waals surface area contributed by atoms with Gasteiger partial charge in [-0.3, -0.25) is 0 Å². The second kappa shape index (κ2) is 9.90. The third-order valence-electron chi connectivity index (χ3n) is 1.18. The van der Waals surface area contributed by atoms with Crippen LogP contribution in [-0.2, 0) is 6.61 Å². The molecule has 0 aliphatic rings. The van der Waals surface area contributed by atoms with E-state index in [9.17, 15) is 0 Å². The van der Waals surface area contributed by atoms with Crippen molar-refractivity contribution in [1.82, 2.24) is 0 Å². The van der Waals surface area contributed by atoms with Crippen LogP contribution in [0.1, 0.15) is 5.56 Å². The molecular weight excluding hydrogens is 282 g/mol. The minimum absolute atomic E-state index is 0. The van der Waals surface area contributed by atoms with E-state index in [4.69, 9.17) is 16.7 Å². The molecular formula is C9H15BBrClOS. The van der Waals surface area contributed by atoms with Crippen molar-refractivity contribution < 1.29 is 5.11 Å². The molecule has 1 aromatic rings. The van der Waals surface area contributed by atoms with Crippen molar-refractivity contribution in [1.29, 1.82) is 0 Å². The average Bonchev–Trinajstić information content (AvgIpc) is 2.10. The van der Waals surface area contributed by atoms with Crippen molar-refractivity contribution in [3.05, 3.63) is 33.3 Å². The van der Waals surface area contributed by atoms with Crippen molar-refractivity contribution in [2.45, 2.75) is 6.61 Å². The highest BCUT2D eigenvalue weighted by Crippen LogP contribution is 2.20. The van der Waals surface area contributed by atoms with Gasteiger partial charge in [0, 0.05) is 9.50 Å². The summed E-state index contributed by atoms with van der Waals surface area (Å²) in [6.45, 7) is 0.0150. The molecule has 0 heterocycles. The molecule has 0 aromatic heterocycles. The zero-order chi connectivity index (χ0) is 10.3. The quantitative estimate of drug-likeness (QED) is 0.803. The number of aliphatic hydroxyl groups excluding tert-OH is 1. The van der Waals surface area contributed by atoms with Gasteiger partial charge in [-0.15, -0.1) is 0 Å². The molecule has 1 nitrogen and oxygen atoms in total. The summed E-state index contributed by atoms with van der Waals surface area (Å²) in [4.78, 5) is 0. The highest BCUT2D eigenvalue weighted by atomic mass is 79.9. The largest absolute Gasteiger partial charge is 0.392 e. The molecule has 0 spiro atoms. The maximum atomic E-state index is 8.75. The van der Waals surface area contributed by atoms with Gasteiger partial charge in [-0.2, -0.15) is 11.8 Å². The predicted molar refractivity (Wildman–Crippen MR) is 74.5 cm³/mol. The highest BCUT2D eigenvalue weighted by Gasteiger charge is 1.97. The molecule has 0 radical (unpaired) electrons. The predicted octanol–water partition coefficient (Wildman–Crippen LogP) is 2.39. The van der Waals surface area contributed by atoms with E-state index in [1.807, 2.05) is 18.6 Å². The number of aliphatic hydroxyl groups is 1. The first-order valence-corrected chi connectivity index (χ1v) is 6.41. The summed E-state index contributed by atoms with van der Waals surface area (Å²) in [5, 5.41) is 9.40. The third-order valence-corrected chi connectivity index (χ3v) is 2.19. The molecule has 0 aliphatic heterocycles. The Balaban J connectivity index is 0. The fraction of sp³-hybridized carbons (Fsp3) is 0.333. The first-order valence-electron chi connectivity index (χ1n) is 3.60. The maximum Gasteiger partial charge on any atom is 0.0814 e. The second-order valence-corrected chi connectivity index (χ2v) is 4.41. The topological polar surface area (TPSA) is 20.2 Å². The van der Waals surface area contributed by atoms with Crippen LogP contribution >= 0.6 is 39.3 Å². The van der Waals surface area contributed by atoms with Crippen LogP contribution in [0.25, 0.3) is 0 Å². The van der Waals surface area contributed by atoms with Crippen LogP contribution in [-0.4, -0.2) is 26.0 Å². The normalized spacial score (nSPS) is 8.36. The summed E-state index contributed by atoms with van der Waals surface area (Å²) in [6.07, 6.45) is 4.08. The van der Waals surface area contributed by atoms with E-state index in [0.717, 1.165) is 10.0 Å². The average molecular weight is 297 g/mol. The number of benzene rings is 1. The van der Waals surface area contributed by atoms with E-state index < -0.39 is 0 Å². The minimum atomic E-state index is 0. The molecule has 0 saturated heterocycles. The molecule has 0 aliphatic carbocycles. The Morgan fingerprint density at radius 1 is 1.43 bits per heavy atom. The summed E-state index contributed by atoms with van der Waals surface area (Å²) in [5.41, 5.74) is 0.813. The Morgan fingerprint density at radius 3 is 2.29 bits per heavy atom. The molecule has 80 valence electrons. The Morgan fingerprint density at radius 2 is 1.93 bits per heavy atom. The first-order chi connectivity index (χ1) is 6.15. The van der Waals surface area contributed by atoms with Gasteiger partial charge in [0.25, 0.3) is 0 Å². The van der Waals surface area contributed by atoms with Gasteiger partial charge >= 0.3 is 0 Å². The molecule has 1 aromatic carbocycles. The van der Waals surface area contributed by atoms with Gasteiger partial charge in [0.05, 0.1) is 15.0 Å². The van der Waals surface area contributed by atoms with Crippen molar-refractivity contribution in [3.8, 4) is 0 Å². The zero-order valence-electron chi connectivity index (χ0n) is 7.55. The Bertz CT molecular complexity index is 261. The Kier molecular flexibility index (Phi) is 11.9. The van der Waals surface area contributed by atoms with E-state index in [1.165, 1.54) is 0 Å². The van der Waals surface area contributed by atoms with Crippen molar-refractivity contribution in [2.75, 3.05) is 12.5 Å². The molecule has 0 amide bonds. The third kappa shape index (κ3) is 6.76. The monoisotopic (exact) mass is 296 g/mol. The lowest BCUT2D eigenvalue weighted by molar-refractivity contribution is 0.281. The molecule has 14 heavy (non-hydrogen) atoms.